The molecule has 3 amide bonds. The monoisotopic (exact) mass is 284 g/mol. The molecular formula is C11H12N2O3S2. The Bertz CT molecular complexity index is 459. The highest BCUT2D eigenvalue weighted by atomic mass is 32.2. The van der Waals surface area contributed by atoms with Crippen LogP contribution in [0.25, 0.3) is 0 Å². The topological polar surface area (TPSA) is 75.3 Å². The predicted molar refractivity (Wildman–Crippen MR) is 69.4 cm³/mol. The van der Waals surface area contributed by atoms with Crippen molar-refractivity contribution in [2.24, 2.45) is 0 Å². The number of rotatable bonds is 4. The number of amides is 3. The number of imide groups is 1. The molecule has 1 aliphatic rings. The lowest BCUT2D eigenvalue weighted by atomic mass is 10.1. The van der Waals surface area contributed by atoms with Gasteiger partial charge in [0.2, 0.25) is 17.7 Å². The quantitative estimate of drug-likeness (QED) is 0.632. The van der Waals surface area contributed by atoms with Gasteiger partial charge in [-0.2, -0.15) is 0 Å². The summed E-state index contributed by atoms with van der Waals surface area (Å²) in [6.45, 7) is 0. The van der Waals surface area contributed by atoms with E-state index in [0.717, 1.165) is 4.21 Å². The van der Waals surface area contributed by atoms with E-state index in [-0.39, 0.29) is 24.0 Å². The number of hydrogen-bond acceptors (Lipinski definition) is 5. The molecule has 0 aliphatic carbocycles. The minimum Gasteiger partial charge on any atom is -0.344 e. The Morgan fingerprint density at radius 1 is 1.56 bits per heavy atom. The van der Waals surface area contributed by atoms with Crippen LogP contribution >= 0.6 is 23.1 Å². The number of thioether (sulfide) groups is 1. The Morgan fingerprint density at radius 3 is 3.06 bits per heavy atom. The Labute approximate surface area is 112 Å². The maximum absolute atomic E-state index is 11.6. The van der Waals surface area contributed by atoms with Crippen molar-refractivity contribution in [3.8, 4) is 0 Å². The summed E-state index contributed by atoms with van der Waals surface area (Å²) in [4.78, 5) is 34.0. The fourth-order valence-electron chi connectivity index (χ4n) is 1.55. The molecular weight excluding hydrogens is 272 g/mol. The summed E-state index contributed by atoms with van der Waals surface area (Å²) in [6, 6.07) is 3.28. The maximum atomic E-state index is 11.6. The van der Waals surface area contributed by atoms with Crippen LogP contribution in [0.1, 0.15) is 12.8 Å². The number of thiophene rings is 1. The van der Waals surface area contributed by atoms with E-state index in [0.29, 0.717) is 6.42 Å². The summed E-state index contributed by atoms with van der Waals surface area (Å²) in [5, 5.41) is 6.78. The Morgan fingerprint density at radius 2 is 2.39 bits per heavy atom. The highest BCUT2D eigenvalue weighted by molar-refractivity contribution is 8.01. The molecule has 1 saturated heterocycles. The number of carbonyl (C=O) groups is 3. The van der Waals surface area contributed by atoms with Crippen molar-refractivity contribution in [3.05, 3.63) is 17.5 Å². The van der Waals surface area contributed by atoms with Crippen molar-refractivity contribution in [3.63, 3.8) is 0 Å². The number of nitrogens with one attached hydrogen (secondary N) is 2. The van der Waals surface area contributed by atoms with Crippen molar-refractivity contribution < 1.29 is 14.4 Å². The highest BCUT2D eigenvalue weighted by Gasteiger charge is 2.27. The molecule has 0 bridgehead atoms. The van der Waals surface area contributed by atoms with E-state index in [1.54, 1.807) is 11.3 Å². The number of piperidine rings is 1. The van der Waals surface area contributed by atoms with Crippen LogP contribution in [0.5, 0.6) is 0 Å². The van der Waals surface area contributed by atoms with Crippen molar-refractivity contribution >= 4 is 40.8 Å². The first-order valence-electron chi connectivity index (χ1n) is 5.44. The van der Waals surface area contributed by atoms with Crippen molar-refractivity contribution in [1.29, 1.82) is 0 Å². The molecule has 0 spiro atoms. The number of hydrogen-bond donors (Lipinski definition) is 2. The van der Waals surface area contributed by atoms with Gasteiger partial charge in [-0.15, -0.1) is 23.1 Å². The molecule has 0 radical (unpaired) electrons. The zero-order valence-corrected chi connectivity index (χ0v) is 11.1. The second kappa shape index (κ2) is 6.01. The fourth-order valence-corrected chi connectivity index (χ4v) is 3.15. The third-order valence-electron chi connectivity index (χ3n) is 2.41. The van der Waals surface area contributed by atoms with Gasteiger partial charge < -0.3 is 5.32 Å². The number of carbonyl (C=O) groups excluding carboxylic acids is 3. The van der Waals surface area contributed by atoms with Gasteiger partial charge in [-0.1, -0.05) is 6.07 Å². The molecule has 1 fully saturated rings. The van der Waals surface area contributed by atoms with Crippen LogP contribution in [-0.4, -0.2) is 29.5 Å². The van der Waals surface area contributed by atoms with Gasteiger partial charge in [-0.05, 0) is 17.9 Å². The van der Waals surface area contributed by atoms with Crippen LogP contribution < -0.4 is 10.6 Å². The van der Waals surface area contributed by atoms with E-state index in [4.69, 9.17) is 0 Å². The molecule has 1 aromatic rings. The average molecular weight is 284 g/mol. The lowest BCUT2D eigenvalue weighted by Gasteiger charge is -2.21. The molecule has 96 valence electrons. The van der Waals surface area contributed by atoms with Crippen LogP contribution in [0, 0.1) is 0 Å². The third kappa shape index (κ3) is 3.58. The summed E-state index contributed by atoms with van der Waals surface area (Å²) in [7, 11) is 0. The van der Waals surface area contributed by atoms with Gasteiger partial charge in [0.15, 0.2) is 0 Å². The summed E-state index contributed by atoms with van der Waals surface area (Å²) >= 11 is 3.00. The molecule has 1 atom stereocenters. The van der Waals surface area contributed by atoms with Crippen molar-refractivity contribution in [2.45, 2.75) is 23.1 Å². The molecule has 0 aromatic carbocycles. The molecule has 5 nitrogen and oxygen atoms in total. The van der Waals surface area contributed by atoms with Crippen LogP contribution in [-0.2, 0) is 14.4 Å². The summed E-state index contributed by atoms with van der Waals surface area (Å²) in [6.07, 6.45) is 0.648. The van der Waals surface area contributed by atoms with Gasteiger partial charge in [0.05, 0.1) is 9.96 Å². The summed E-state index contributed by atoms with van der Waals surface area (Å²) in [5.41, 5.74) is 0. The maximum Gasteiger partial charge on any atom is 0.249 e. The average Bonchev–Trinajstić information content (AvgIpc) is 2.83. The molecule has 18 heavy (non-hydrogen) atoms. The van der Waals surface area contributed by atoms with Gasteiger partial charge in [0, 0.05) is 6.42 Å². The minimum atomic E-state index is -0.584. The van der Waals surface area contributed by atoms with E-state index < -0.39 is 11.9 Å². The van der Waals surface area contributed by atoms with Crippen molar-refractivity contribution in [2.75, 3.05) is 5.75 Å². The Hall–Kier alpha value is -1.34. The molecule has 2 rings (SSSR count). The lowest BCUT2D eigenvalue weighted by Crippen LogP contribution is -2.52. The normalized spacial score (nSPS) is 19.4. The van der Waals surface area contributed by atoms with E-state index in [2.05, 4.69) is 10.6 Å². The van der Waals surface area contributed by atoms with Gasteiger partial charge in [0.25, 0.3) is 0 Å². The molecule has 1 aromatic heterocycles. The molecule has 1 unspecified atom stereocenters. The first-order valence-corrected chi connectivity index (χ1v) is 7.31. The molecule has 0 saturated carbocycles. The Kier molecular flexibility index (Phi) is 4.38. The second-order valence-electron chi connectivity index (χ2n) is 3.79. The van der Waals surface area contributed by atoms with Crippen molar-refractivity contribution in [1.82, 2.24) is 10.6 Å². The standard InChI is InChI=1S/C11H12N2O3S2/c14-8-4-3-7(11(16)13-8)12-9(15)6-18-10-2-1-5-17-10/h1-2,5,7H,3-4,6H2,(H,12,15)(H,13,14,16). The third-order valence-corrected chi connectivity index (χ3v) is 4.55. The largest absolute Gasteiger partial charge is 0.344 e. The highest BCUT2D eigenvalue weighted by Crippen LogP contribution is 2.22. The van der Waals surface area contributed by atoms with Gasteiger partial charge >= 0.3 is 0 Å². The molecule has 1 aliphatic heterocycles. The predicted octanol–water partition coefficient (Wildman–Crippen LogP) is 0.762. The lowest BCUT2D eigenvalue weighted by molar-refractivity contribution is -0.136. The zero-order valence-electron chi connectivity index (χ0n) is 9.47. The van der Waals surface area contributed by atoms with Gasteiger partial charge in [-0.3, -0.25) is 19.7 Å². The van der Waals surface area contributed by atoms with Crippen LogP contribution in [0.2, 0.25) is 0 Å². The SMILES string of the molecule is O=C1CCC(NC(=O)CSc2cccs2)C(=O)N1. The molecule has 7 heteroatoms. The van der Waals surface area contributed by atoms with E-state index in [1.807, 2.05) is 17.5 Å². The smallest absolute Gasteiger partial charge is 0.249 e. The van der Waals surface area contributed by atoms with E-state index in [1.165, 1.54) is 11.8 Å². The van der Waals surface area contributed by atoms with E-state index >= 15 is 0 Å². The summed E-state index contributed by atoms with van der Waals surface area (Å²) < 4.78 is 1.06. The van der Waals surface area contributed by atoms with Crippen LogP contribution in [0.4, 0.5) is 0 Å². The van der Waals surface area contributed by atoms with Crippen LogP contribution in [0.15, 0.2) is 21.7 Å². The first-order chi connectivity index (χ1) is 8.65. The van der Waals surface area contributed by atoms with E-state index in [9.17, 15) is 14.4 Å². The van der Waals surface area contributed by atoms with Gasteiger partial charge in [-0.25, -0.2) is 0 Å². The molecule has 2 N–H and O–H groups in total. The fraction of sp³-hybridized carbons (Fsp3) is 0.364. The second-order valence-corrected chi connectivity index (χ2v) is 6.02. The summed E-state index contributed by atoms with van der Waals surface area (Å²) in [5.74, 6) is -0.611. The van der Waals surface area contributed by atoms with Crippen LogP contribution in [0.3, 0.4) is 0 Å². The Balaban J connectivity index is 1.77. The molecule has 2 heterocycles. The first kappa shape index (κ1) is 13.1. The minimum absolute atomic E-state index is 0.192. The van der Waals surface area contributed by atoms with Gasteiger partial charge in [0.1, 0.15) is 6.04 Å². The zero-order chi connectivity index (χ0) is 13.0.